The molecule has 2 N–H and O–H groups in total. The summed E-state index contributed by atoms with van der Waals surface area (Å²) >= 11 is 1.59. The number of fused-ring (bicyclic) bond motifs is 2. The number of nitrogens with zero attached hydrogens (tertiary/aromatic N) is 2. The minimum absolute atomic E-state index is 0.00250. The van der Waals surface area contributed by atoms with E-state index in [0.29, 0.717) is 17.8 Å². The number of carboxylic acids is 1. The maximum Gasteiger partial charge on any atom is 0.354 e. The maximum atomic E-state index is 12.9. The molecule has 1 aliphatic heterocycles. The Morgan fingerprint density at radius 1 is 1.05 bits per heavy atom. The average Bonchev–Trinajstić information content (AvgIpc) is 3.35. The maximum absolute atomic E-state index is 12.9. The third kappa shape index (κ3) is 4.97. The lowest BCUT2D eigenvalue weighted by molar-refractivity contribution is 0.0690. The highest BCUT2D eigenvalue weighted by molar-refractivity contribution is 7.21. The number of nitrogens with one attached hydrogen (secondary N) is 1. The van der Waals surface area contributed by atoms with Gasteiger partial charge in [-0.05, 0) is 91.4 Å². The number of aromatic carboxylic acids is 1. The Hall–Kier alpha value is -3.55. The van der Waals surface area contributed by atoms with Crippen molar-refractivity contribution in [1.82, 2.24) is 15.2 Å². The summed E-state index contributed by atoms with van der Waals surface area (Å²) in [6, 6.07) is 20.7. The Morgan fingerprint density at radius 2 is 1.92 bits per heavy atom. The van der Waals surface area contributed by atoms with Crippen molar-refractivity contribution >= 4 is 33.3 Å². The van der Waals surface area contributed by atoms with Crippen LogP contribution in [0.15, 0.2) is 60.7 Å². The number of likely N-dealkylation sites (tertiary alicyclic amines) is 1. The van der Waals surface area contributed by atoms with Crippen LogP contribution in [0.4, 0.5) is 0 Å². The molecule has 200 valence electrons. The fourth-order valence-corrected chi connectivity index (χ4v) is 7.66. The van der Waals surface area contributed by atoms with E-state index in [2.05, 4.69) is 51.6 Å². The van der Waals surface area contributed by atoms with Crippen LogP contribution in [-0.4, -0.2) is 46.5 Å². The summed E-state index contributed by atoms with van der Waals surface area (Å²) in [6.45, 7) is 1.04. The van der Waals surface area contributed by atoms with E-state index < -0.39 is 5.97 Å². The van der Waals surface area contributed by atoms with Gasteiger partial charge in [0.1, 0.15) is 5.69 Å². The smallest absolute Gasteiger partial charge is 0.354 e. The minimum atomic E-state index is -1.01. The number of aromatic nitrogens is 1. The van der Waals surface area contributed by atoms with Gasteiger partial charge in [0.2, 0.25) is 0 Å². The molecule has 0 saturated carbocycles. The number of amides is 1. The van der Waals surface area contributed by atoms with Gasteiger partial charge in [-0.3, -0.25) is 9.69 Å². The number of hydrogen-bond donors (Lipinski definition) is 2. The lowest BCUT2D eigenvalue weighted by atomic mass is 9.82. The van der Waals surface area contributed by atoms with Crippen molar-refractivity contribution in [3.8, 4) is 11.3 Å². The molecule has 1 fully saturated rings. The zero-order valence-corrected chi connectivity index (χ0v) is 23.0. The monoisotopic (exact) mass is 539 g/mol. The van der Waals surface area contributed by atoms with E-state index in [4.69, 9.17) is 0 Å². The summed E-state index contributed by atoms with van der Waals surface area (Å²) in [5, 5.41) is 13.5. The van der Waals surface area contributed by atoms with Gasteiger partial charge in [0, 0.05) is 29.4 Å². The van der Waals surface area contributed by atoms with E-state index in [1.165, 1.54) is 41.0 Å². The van der Waals surface area contributed by atoms with Gasteiger partial charge in [0.05, 0.1) is 10.6 Å². The first-order valence-corrected chi connectivity index (χ1v) is 14.7. The molecule has 6 rings (SSSR count). The van der Waals surface area contributed by atoms with Gasteiger partial charge in [0.15, 0.2) is 0 Å². The van der Waals surface area contributed by atoms with Crippen molar-refractivity contribution < 1.29 is 14.7 Å². The van der Waals surface area contributed by atoms with Crippen molar-refractivity contribution in [2.45, 2.75) is 57.0 Å². The molecule has 0 bridgehead atoms. The van der Waals surface area contributed by atoms with E-state index in [-0.39, 0.29) is 11.6 Å². The van der Waals surface area contributed by atoms with Crippen LogP contribution in [0.3, 0.4) is 0 Å². The Labute approximate surface area is 232 Å². The predicted molar refractivity (Wildman–Crippen MR) is 156 cm³/mol. The van der Waals surface area contributed by atoms with Crippen molar-refractivity contribution in [3.63, 3.8) is 0 Å². The summed E-state index contributed by atoms with van der Waals surface area (Å²) < 4.78 is 1.16. The number of aryl methyl sites for hydroxylation is 1. The van der Waals surface area contributed by atoms with Gasteiger partial charge in [-0.1, -0.05) is 42.8 Å². The van der Waals surface area contributed by atoms with Gasteiger partial charge >= 0.3 is 5.97 Å². The van der Waals surface area contributed by atoms with Crippen LogP contribution >= 0.6 is 11.3 Å². The minimum Gasteiger partial charge on any atom is -0.477 e. The van der Waals surface area contributed by atoms with Crippen LogP contribution in [0.5, 0.6) is 0 Å². The zero-order chi connectivity index (χ0) is 26.9. The van der Waals surface area contributed by atoms with Crippen LogP contribution in [0.25, 0.3) is 21.3 Å². The molecule has 2 aromatic carbocycles. The Balaban J connectivity index is 1.36. The second-order valence-corrected chi connectivity index (χ2v) is 11.7. The van der Waals surface area contributed by atoms with Gasteiger partial charge in [-0.25, -0.2) is 9.78 Å². The number of carbonyl (C=O) groups excluding carboxylic acids is 1. The van der Waals surface area contributed by atoms with Crippen LogP contribution in [0.1, 0.15) is 75.0 Å². The molecule has 2 atom stereocenters. The highest BCUT2D eigenvalue weighted by atomic mass is 32.1. The van der Waals surface area contributed by atoms with E-state index >= 15 is 0 Å². The van der Waals surface area contributed by atoms with Crippen molar-refractivity contribution in [2.75, 3.05) is 13.6 Å². The Morgan fingerprint density at radius 3 is 2.77 bits per heavy atom. The third-order valence-corrected chi connectivity index (χ3v) is 9.55. The SMILES string of the molecule is CNC(=O)c1sc2ccccc2c1C[C@H]1CCCCN1[C@@H]1CCCc2ccc(-c3cccc(C(=O)O)n3)cc21. The largest absolute Gasteiger partial charge is 0.477 e. The van der Waals surface area contributed by atoms with Crippen LogP contribution in [-0.2, 0) is 12.8 Å². The predicted octanol–water partition coefficient (Wildman–Crippen LogP) is 6.50. The number of piperidine rings is 1. The van der Waals surface area contributed by atoms with E-state index in [0.717, 1.165) is 53.8 Å². The number of benzene rings is 2. The van der Waals surface area contributed by atoms with Crippen molar-refractivity contribution in [3.05, 3.63) is 87.9 Å². The number of pyridine rings is 1. The standard InChI is InChI=1S/C32H33N3O3S/c1-33-31(36)30-25(23-10-2-3-14-29(23)39-30)19-22-9-4-5-17-35(22)28-13-6-8-20-15-16-21(18-24(20)28)26-11-7-12-27(34-26)32(37)38/h2-3,7,10-12,14-16,18,22,28H,4-6,8-9,13,17,19H2,1H3,(H,33,36)(H,37,38)/t22-,28-/m1/s1. The van der Waals surface area contributed by atoms with Crippen LogP contribution in [0, 0.1) is 0 Å². The van der Waals surface area contributed by atoms with E-state index in [9.17, 15) is 14.7 Å². The fourth-order valence-electron chi connectivity index (χ4n) is 6.48. The molecule has 3 heterocycles. The number of hydrogen-bond acceptors (Lipinski definition) is 5. The zero-order valence-electron chi connectivity index (χ0n) is 22.2. The Bertz CT molecular complexity index is 1540. The topological polar surface area (TPSA) is 82.5 Å². The average molecular weight is 540 g/mol. The molecule has 1 saturated heterocycles. The first-order chi connectivity index (χ1) is 19.0. The Kier molecular flexibility index (Phi) is 7.19. The molecular weight excluding hydrogens is 506 g/mol. The molecule has 1 aliphatic carbocycles. The number of thiophene rings is 1. The van der Waals surface area contributed by atoms with E-state index in [1.807, 2.05) is 12.1 Å². The number of carbonyl (C=O) groups is 2. The summed E-state index contributed by atoms with van der Waals surface area (Å²) in [6.07, 6.45) is 7.66. The molecule has 1 amide bonds. The van der Waals surface area contributed by atoms with Gasteiger partial charge < -0.3 is 10.4 Å². The van der Waals surface area contributed by atoms with Crippen LogP contribution < -0.4 is 5.32 Å². The summed E-state index contributed by atoms with van der Waals surface area (Å²) in [4.78, 5) is 32.3. The molecule has 0 spiro atoms. The quantitative estimate of drug-likeness (QED) is 0.292. The normalized spacial score (nSPS) is 19.5. The molecular formula is C32H33N3O3S. The summed E-state index contributed by atoms with van der Waals surface area (Å²) in [7, 11) is 1.71. The van der Waals surface area contributed by atoms with E-state index in [1.54, 1.807) is 24.5 Å². The van der Waals surface area contributed by atoms with Gasteiger partial charge in [0.25, 0.3) is 5.91 Å². The van der Waals surface area contributed by atoms with Crippen molar-refractivity contribution in [2.24, 2.45) is 0 Å². The van der Waals surface area contributed by atoms with Gasteiger partial charge in [-0.15, -0.1) is 11.3 Å². The summed E-state index contributed by atoms with van der Waals surface area (Å²) in [5.74, 6) is -1.02. The highest BCUT2D eigenvalue weighted by Crippen LogP contribution is 2.41. The molecule has 39 heavy (non-hydrogen) atoms. The second-order valence-electron chi connectivity index (χ2n) is 10.6. The number of carboxylic acid groups (broad SMARTS) is 1. The lowest BCUT2D eigenvalue weighted by Gasteiger charge is -2.44. The highest BCUT2D eigenvalue weighted by Gasteiger charge is 2.34. The first-order valence-electron chi connectivity index (χ1n) is 13.8. The van der Waals surface area contributed by atoms with Gasteiger partial charge in [-0.2, -0.15) is 0 Å². The molecule has 0 radical (unpaired) electrons. The second kappa shape index (κ2) is 10.9. The van der Waals surface area contributed by atoms with Crippen molar-refractivity contribution in [1.29, 1.82) is 0 Å². The molecule has 2 aromatic heterocycles. The molecule has 0 unspecified atom stereocenters. The third-order valence-electron chi connectivity index (χ3n) is 8.34. The molecule has 4 aromatic rings. The lowest BCUT2D eigenvalue weighted by Crippen LogP contribution is -2.44. The molecule has 7 heteroatoms. The molecule has 2 aliphatic rings. The molecule has 6 nitrogen and oxygen atoms in total. The first kappa shape index (κ1) is 25.7. The fraction of sp³-hybridized carbons (Fsp3) is 0.344. The summed E-state index contributed by atoms with van der Waals surface area (Å²) in [5.41, 5.74) is 5.61. The van der Waals surface area contributed by atoms with Crippen LogP contribution in [0.2, 0.25) is 0 Å². The number of rotatable bonds is 6.